The average Bonchev–Trinajstić information content (AvgIpc) is 1.71. The highest BCUT2D eigenvalue weighted by atomic mass is 16.5. The van der Waals surface area contributed by atoms with E-state index in [2.05, 4.69) is 240 Å². The van der Waals surface area contributed by atoms with Gasteiger partial charge in [-0.05, 0) is 187 Å². The number of hydrogen-bond donors (Lipinski definition) is 0. The maximum absolute atomic E-state index is 9.48. The van der Waals surface area contributed by atoms with Crippen LogP contribution in [0.25, 0.3) is 49.7 Å². The normalized spacial score (nSPS) is 17.4. The predicted molar refractivity (Wildman–Crippen MR) is 377 cm³/mol. The number of nitrogens with zero attached hydrogens (tertiary/aromatic N) is 6. The summed E-state index contributed by atoms with van der Waals surface area (Å²) < 4.78 is 99.6. The maximum Gasteiger partial charge on any atom is 0.320 e. The summed E-state index contributed by atoms with van der Waals surface area (Å²) in [5.74, 6) is 5.47. The quantitative estimate of drug-likeness (QED) is 0.120. The van der Waals surface area contributed by atoms with Crippen molar-refractivity contribution in [2.24, 2.45) is 0 Å². The first kappa shape index (κ1) is 46.7. The van der Waals surface area contributed by atoms with Gasteiger partial charge < -0.3 is 24.2 Å². The Bertz CT molecular complexity index is 4910. The molecule has 0 bridgehead atoms. The molecule has 7 nitrogen and oxygen atoms in total. The van der Waals surface area contributed by atoms with Gasteiger partial charge in [0.15, 0.2) is 0 Å². The van der Waals surface area contributed by atoms with Crippen LogP contribution >= 0.6 is 0 Å². The Morgan fingerprint density at radius 1 is 0.551 bits per heavy atom. The molecule has 0 spiro atoms. The molecule has 0 amide bonds. The Balaban J connectivity index is 0.952. The van der Waals surface area contributed by atoms with Crippen molar-refractivity contribution in [3.8, 4) is 28.4 Å². The fourth-order valence-electron chi connectivity index (χ4n) is 13.5. The van der Waals surface area contributed by atoms with Gasteiger partial charge in [0.1, 0.15) is 17.3 Å². The van der Waals surface area contributed by atoms with Gasteiger partial charge in [0.05, 0.1) is 34.6 Å². The molecule has 89 heavy (non-hydrogen) atoms. The molecule has 0 unspecified atom stereocenters. The number of ether oxygens (including phenoxy) is 1. The Hall–Kier alpha value is -9.46. The molecule has 440 valence electrons. The van der Waals surface area contributed by atoms with Gasteiger partial charge in [-0.3, -0.25) is 4.57 Å². The van der Waals surface area contributed by atoms with E-state index in [1.54, 1.807) is 41.0 Å². The SMILES string of the molecule is [2H]c1c([2H])c([2H])c2c(c1[2H])c1ccc(Oc3cc(-c4c(C(C)(C)C)cccc4C(C)(C)C)cc(N4CN(Cc5c(C6=CC=CN7C=CC=CB67)cc(C(C)(C)C)cc5C5=CC=CN6C=CC=CB56)c5ccccc54)c3)cc1n2-c1cc(C(c2ccccc2)(C([2H])([2H])[2H])C([2H])([2H])[2H])ccn1. The minimum atomic E-state index is -3.12. The van der Waals surface area contributed by atoms with Crippen molar-refractivity contribution >= 4 is 63.5 Å². The Kier molecular flexibility index (Phi) is 11.5. The number of pyridine rings is 1. The van der Waals surface area contributed by atoms with Crippen LogP contribution in [0.2, 0.25) is 0 Å². The van der Waals surface area contributed by atoms with Gasteiger partial charge in [-0.1, -0.05) is 203 Å². The highest BCUT2D eigenvalue weighted by molar-refractivity contribution is 6.83. The van der Waals surface area contributed by atoms with Crippen molar-refractivity contribution in [1.29, 1.82) is 0 Å². The lowest BCUT2D eigenvalue weighted by molar-refractivity contribution is 0.483. The number of allylic oxidation sites excluding steroid dienone is 8. The summed E-state index contributed by atoms with van der Waals surface area (Å²) in [4.78, 5) is 14.2. The Morgan fingerprint density at radius 3 is 1.84 bits per heavy atom. The molecule has 7 heterocycles. The third-order valence-corrected chi connectivity index (χ3v) is 18.0. The van der Waals surface area contributed by atoms with Crippen LogP contribution in [0.4, 0.5) is 17.1 Å². The third kappa shape index (κ3) is 10.5. The van der Waals surface area contributed by atoms with E-state index >= 15 is 0 Å². The van der Waals surface area contributed by atoms with E-state index in [4.69, 9.17) is 20.7 Å². The van der Waals surface area contributed by atoms with Crippen LogP contribution in [0.3, 0.4) is 0 Å². The summed E-state index contributed by atoms with van der Waals surface area (Å²) in [5.41, 5.74) is 11.7. The van der Waals surface area contributed by atoms with E-state index < -0.39 is 31.2 Å². The van der Waals surface area contributed by atoms with Crippen LogP contribution in [-0.4, -0.2) is 39.5 Å². The lowest BCUT2D eigenvalue weighted by atomic mass is 9.48. The van der Waals surface area contributed by atoms with E-state index in [-0.39, 0.29) is 69.9 Å². The van der Waals surface area contributed by atoms with Crippen LogP contribution < -0.4 is 14.5 Å². The zero-order valence-corrected chi connectivity index (χ0v) is 52.0. The van der Waals surface area contributed by atoms with Gasteiger partial charge in [0.25, 0.3) is 0 Å². The topological polar surface area (TPSA) is 40.0 Å². The molecule has 2 aromatic heterocycles. The smallest absolute Gasteiger partial charge is 0.320 e. The van der Waals surface area contributed by atoms with Crippen molar-refractivity contribution in [1.82, 2.24) is 19.2 Å². The number of rotatable bonds is 11. The summed E-state index contributed by atoms with van der Waals surface area (Å²) in [6.07, 6.45) is 27.3. The minimum absolute atomic E-state index is 0.0186. The second kappa shape index (κ2) is 22.0. The molecular formula is C80H78B2N6O. The first-order valence-electron chi connectivity index (χ1n) is 35.8. The molecule has 0 radical (unpaired) electrons. The number of aromatic nitrogens is 2. The van der Waals surface area contributed by atoms with Gasteiger partial charge in [-0.15, -0.1) is 0 Å². The van der Waals surface area contributed by atoms with Gasteiger partial charge in [0, 0.05) is 55.0 Å². The molecule has 5 aliphatic heterocycles. The van der Waals surface area contributed by atoms with Gasteiger partial charge in [-0.25, -0.2) is 4.98 Å². The van der Waals surface area contributed by atoms with Crippen molar-refractivity contribution in [2.75, 3.05) is 16.5 Å². The second-order valence-electron chi connectivity index (χ2n) is 27.0. The fraction of sp³-hybridized carbons (Fsp3) is 0.212. The largest absolute Gasteiger partial charge is 0.457 e. The monoisotopic (exact) mass is 1170 g/mol. The number of para-hydroxylation sites is 3. The zero-order valence-electron chi connectivity index (χ0n) is 62.0. The summed E-state index contributed by atoms with van der Waals surface area (Å²) in [7, 11) is 0. The molecule has 5 aliphatic rings. The third-order valence-electron chi connectivity index (χ3n) is 18.0. The van der Waals surface area contributed by atoms with Gasteiger partial charge in [0.2, 0.25) is 0 Å². The average molecular weight is 1170 g/mol. The molecule has 0 saturated carbocycles. The van der Waals surface area contributed by atoms with Gasteiger partial charge >= 0.3 is 13.7 Å². The van der Waals surface area contributed by atoms with Crippen LogP contribution in [0, 0.1) is 0 Å². The van der Waals surface area contributed by atoms with E-state index in [1.807, 2.05) is 0 Å². The van der Waals surface area contributed by atoms with E-state index in [0.717, 1.165) is 39.3 Å². The molecule has 9 aromatic rings. The summed E-state index contributed by atoms with van der Waals surface area (Å²) in [5, 5.41) is 0.639. The first-order chi connectivity index (χ1) is 46.9. The summed E-state index contributed by atoms with van der Waals surface area (Å²) in [6, 6.07) is 41.0. The highest BCUT2D eigenvalue weighted by Gasteiger charge is 2.37. The van der Waals surface area contributed by atoms with Crippen LogP contribution in [0.1, 0.15) is 134 Å². The lowest BCUT2D eigenvalue weighted by Gasteiger charge is -2.35. The molecule has 0 saturated heterocycles. The van der Waals surface area contributed by atoms with E-state index in [0.29, 0.717) is 35.6 Å². The van der Waals surface area contributed by atoms with E-state index in [9.17, 15) is 2.74 Å². The van der Waals surface area contributed by atoms with Crippen molar-refractivity contribution in [3.05, 3.63) is 294 Å². The summed E-state index contributed by atoms with van der Waals surface area (Å²) in [6.45, 7) is 15.1. The van der Waals surface area contributed by atoms with Crippen molar-refractivity contribution in [2.45, 2.75) is 104 Å². The number of hydrogen-bond acceptors (Lipinski definition) is 6. The molecule has 0 N–H and O–H groups in total. The van der Waals surface area contributed by atoms with Crippen LogP contribution in [0.15, 0.2) is 249 Å². The molecule has 14 rings (SSSR count). The number of anilines is 3. The minimum Gasteiger partial charge on any atom is -0.457 e. The zero-order chi connectivity index (χ0) is 70.0. The van der Waals surface area contributed by atoms with Crippen LogP contribution in [-0.2, 0) is 28.2 Å². The molecule has 0 atom stereocenters. The standard InChI is InChI=1S/C80H78B2N6O/c1-77(2,3)58-48-64(69-31-24-44-85-42-21-19-39-81(69)85)66(65(49-58)70-32-25-45-86-43-22-20-40-82(70)86)53-84-54-87(73-35-18-17-34-72(73)84)59-46-55(76-67(78(4,5)6)29-23-30-68(76)79(7,8)9)47-61(51-59)89-60-36-37-63-62-28-15-16-33-71(62)88(74(63)52-60)75-50-57(38-41-83-75)80(10,11)56-26-13-12-14-27-56/h12-52H,53-54H2,1-11H3/i10D3,11D3,15D,16D,28D,33D. The number of fused-ring (bicyclic) bond motifs is 6. The molecule has 0 aliphatic carbocycles. The Morgan fingerprint density at radius 2 is 1.19 bits per heavy atom. The molecule has 0 fully saturated rings. The van der Waals surface area contributed by atoms with Crippen LogP contribution in [0.5, 0.6) is 11.5 Å². The first-order valence-corrected chi connectivity index (χ1v) is 30.8. The summed E-state index contributed by atoms with van der Waals surface area (Å²) >= 11 is 0. The number of benzene rings is 7. The lowest BCUT2D eigenvalue weighted by Crippen LogP contribution is -2.37. The van der Waals surface area contributed by atoms with Gasteiger partial charge in [-0.2, -0.15) is 0 Å². The highest BCUT2D eigenvalue weighted by Crippen LogP contribution is 2.49. The second-order valence-corrected chi connectivity index (χ2v) is 27.0. The Labute approximate surface area is 541 Å². The molecule has 9 heteroatoms. The fourth-order valence-corrected chi connectivity index (χ4v) is 13.5. The van der Waals surface area contributed by atoms with Crippen molar-refractivity contribution in [3.63, 3.8) is 0 Å². The maximum atomic E-state index is 9.48. The molecule has 7 aromatic carbocycles. The van der Waals surface area contributed by atoms with E-state index in [1.165, 1.54) is 63.7 Å². The predicted octanol–water partition coefficient (Wildman–Crippen LogP) is 19.7. The van der Waals surface area contributed by atoms with Crippen molar-refractivity contribution < 1.29 is 18.4 Å². The molecular weight excluding hydrogens is 1080 g/mol.